The molecule has 3 atom stereocenters. The molecule has 0 aliphatic carbocycles. The molecule has 0 unspecified atom stereocenters. The van der Waals surface area contributed by atoms with Gasteiger partial charge in [-0.3, -0.25) is 9.58 Å². The second-order valence-corrected chi connectivity index (χ2v) is 9.08. The smallest absolute Gasteiger partial charge is 0.410 e. The fraction of sp³-hybridized carbons (Fsp3) is 0.267. The van der Waals surface area contributed by atoms with E-state index in [1.165, 1.54) is 0 Å². The predicted octanol–water partition coefficient (Wildman–Crippen LogP) is 5.07. The summed E-state index contributed by atoms with van der Waals surface area (Å²) in [4.78, 5) is 15.1. The highest BCUT2D eigenvalue weighted by atomic mass is 16.6. The molecule has 0 spiro atoms. The molecule has 190 valence electrons. The van der Waals surface area contributed by atoms with Crippen molar-refractivity contribution < 1.29 is 19.0 Å². The first-order valence-corrected chi connectivity index (χ1v) is 12.5. The average molecular weight is 498 g/mol. The first kappa shape index (κ1) is 24.7. The van der Waals surface area contributed by atoms with Crippen LogP contribution in [0, 0.1) is 0 Å². The number of hydrogen-bond acceptors (Lipinski definition) is 5. The van der Waals surface area contributed by atoms with Crippen LogP contribution in [0.2, 0.25) is 0 Å². The van der Waals surface area contributed by atoms with Crippen LogP contribution in [-0.2, 0) is 40.6 Å². The highest BCUT2D eigenvalue weighted by Crippen LogP contribution is 2.28. The quantitative estimate of drug-likeness (QED) is 0.306. The fourth-order valence-corrected chi connectivity index (χ4v) is 4.58. The zero-order chi connectivity index (χ0) is 25.3. The van der Waals surface area contributed by atoms with Crippen molar-refractivity contribution in [1.29, 1.82) is 0 Å². The molecule has 4 aromatic rings. The van der Waals surface area contributed by atoms with Crippen LogP contribution in [0.1, 0.15) is 16.7 Å². The van der Waals surface area contributed by atoms with Crippen molar-refractivity contribution in [3.8, 4) is 0 Å². The van der Waals surface area contributed by atoms with E-state index >= 15 is 0 Å². The van der Waals surface area contributed by atoms with Gasteiger partial charge in [0.2, 0.25) is 0 Å². The summed E-state index contributed by atoms with van der Waals surface area (Å²) in [5.41, 5.74) is 3.07. The molecule has 0 bridgehead atoms. The van der Waals surface area contributed by atoms with Gasteiger partial charge in [-0.2, -0.15) is 5.10 Å². The van der Waals surface area contributed by atoms with Crippen LogP contribution in [0.3, 0.4) is 0 Å². The maximum absolute atomic E-state index is 13.4. The van der Waals surface area contributed by atoms with Crippen LogP contribution in [0.25, 0.3) is 0 Å². The first-order valence-electron chi connectivity index (χ1n) is 12.5. The van der Waals surface area contributed by atoms with E-state index in [1.807, 2.05) is 108 Å². The molecule has 3 aromatic carbocycles. The number of aromatic nitrogens is 2. The van der Waals surface area contributed by atoms with Crippen LogP contribution in [0.15, 0.2) is 109 Å². The monoisotopic (exact) mass is 497 g/mol. The van der Waals surface area contributed by atoms with E-state index in [0.29, 0.717) is 26.3 Å². The molecule has 0 saturated carbocycles. The van der Waals surface area contributed by atoms with E-state index in [4.69, 9.17) is 14.2 Å². The molecule has 7 heteroatoms. The molecule has 1 aromatic heterocycles. The molecular formula is C30H31N3O4. The summed E-state index contributed by atoms with van der Waals surface area (Å²) >= 11 is 0. The Kier molecular flexibility index (Phi) is 8.25. The van der Waals surface area contributed by atoms with E-state index in [9.17, 15) is 4.79 Å². The van der Waals surface area contributed by atoms with Crippen LogP contribution >= 0.6 is 0 Å². The number of hydrogen-bond donors (Lipinski definition) is 0. The molecule has 1 aliphatic heterocycles. The van der Waals surface area contributed by atoms with Crippen LogP contribution in [-0.4, -0.2) is 45.6 Å². The molecule has 1 saturated heterocycles. The van der Waals surface area contributed by atoms with Gasteiger partial charge in [-0.15, -0.1) is 0 Å². The molecular weight excluding hydrogens is 466 g/mol. The molecule has 5 rings (SSSR count). The molecule has 1 amide bonds. The highest BCUT2D eigenvalue weighted by molar-refractivity contribution is 5.69. The van der Waals surface area contributed by atoms with Crippen LogP contribution < -0.4 is 0 Å². The van der Waals surface area contributed by atoms with Crippen molar-refractivity contribution in [2.45, 2.75) is 44.6 Å². The maximum Gasteiger partial charge on any atom is 0.410 e. The third kappa shape index (κ3) is 6.64. The van der Waals surface area contributed by atoms with E-state index < -0.39 is 0 Å². The number of likely N-dealkylation sites (tertiary alicyclic amines) is 1. The molecule has 1 fully saturated rings. The van der Waals surface area contributed by atoms with Gasteiger partial charge >= 0.3 is 6.09 Å². The second kappa shape index (κ2) is 12.3. The lowest BCUT2D eigenvalue weighted by atomic mass is 10.1. The topological polar surface area (TPSA) is 65.8 Å². The van der Waals surface area contributed by atoms with E-state index in [1.54, 1.807) is 11.1 Å². The van der Waals surface area contributed by atoms with Crippen molar-refractivity contribution in [3.63, 3.8) is 0 Å². The van der Waals surface area contributed by atoms with Crippen molar-refractivity contribution >= 4 is 6.09 Å². The standard InChI is InChI=1S/C30H31N3O4/c34-30(37-23-26-15-8-3-9-16-26)33-20-28(35-21-24-11-4-1-5-12-24)29(27(33)19-32-18-10-17-31-32)36-22-25-13-6-2-7-14-25/h1-18,27-29H,19-23H2/t27-,28+,29+/m1/s1. The zero-order valence-corrected chi connectivity index (χ0v) is 20.6. The van der Waals surface area contributed by atoms with Gasteiger partial charge in [0.15, 0.2) is 0 Å². The summed E-state index contributed by atoms with van der Waals surface area (Å²) in [7, 11) is 0. The summed E-state index contributed by atoms with van der Waals surface area (Å²) in [6.45, 7) is 1.89. The lowest BCUT2D eigenvalue weighted by Crippen LogP contribution is -2.44. The van der Waals surface area contributed by atoms with Gasteiger partial charge in [0.05, 0.1) is 32.3 Å². The average Bonchev–Trinajstić information content (AvgIpc) is 3.59. The van der Waals surface area contributed by atoms with Crippen LogP contribution in [0.5, 0.6) is 0 Å². The number of rotatable bonds is 10. The minimum Gasteiger partial charge on any atom is -0.445 e. The van der Waals surface area contributed by atoms with Gasteiger partial charge in [0, 0.05) is 12.4 Å². The molecule has 1 aliphatic rings. The maximum atomic E-state index is 13.4. The van der Waals surface area contributed by atoms with Crippen molar-refractivity contribution in [2.24, 2.45) is 0 Å². The summed E-state index contributed by atoms with van der Waals surface area (Å²) in [6, 6.07) is 31.3. The zero-order valence-electron chi connectivity index (χ0n) is 20.6. The molecule has 2 heterocycles. The number of benzene rings is 3. The highest BCUT2D eigenvalue weighted by Gasteiger charge is 2.46. The predicted molar refractivity (Wildman–Crippen MR) is 139 cm³/mol. The Morgan fingerprint density at radius 3 is 1.89 bits per heavy atom. The number of carbonyl (C=O) groups is 1. The molecule has 0 radical (unpaired) electrons. The van der Waals surface area contributed by atoms with Crippen LogP contribution in [0.4, 0.5) is 4.79 Å². The van der Waals surface area contributed by atoms with E-state index in [2.05, 4.69) is 5.10 Å². The lowest BCUT2D eigenvalue weighted by molar-refractivity contribution is -0.0727. The van der Waals surface area contributed by atoms with Gasteiger partial charge in [-0.1, -0.05) is 91.0 Å². The van der Waals surface area contributed by atoms with Crippen molar-refractivity contribution in [2.75, 3.05) is 6.54 Å². The summed E-state index contributed by atoms with van der Waals surface area (Å²) in [5.74, 6) is 0. The SMILES string of the molecule is O=C(OCc1ccccc1)N1C[C@H](OCc2ccccc2)[C@@H](OCc2ccccc2)[C@H]1Cn1cccn1. The first-order chi connectivity index (χ1) is 18.3. The number of ether oxygens (including phenoxy) is 3. The molecule has 0 N–H and O–H groups in total. The van der Waals surface area contributed by atoms with Gasteiger partial charge in [0.25, 0.3) is 0 Å². The van der Waals surface area contributed by atoms with E-state index in [-0.39, 0.29) is 30.9 Å². The van der Waals surface area contributed by atoms with Gasteiger partial charge < -0.3 is 14.2 Å². The third-order valence-corrected chi connectivity index (χ3v) is 6.49. The molecule has 37 heavy (non-hydrogen) atoms. The number of amides is 1. The largest absolute Gasteiger partial charge is 0.445 e. The minimum absolute atomic E-state index is 0.204. The van der Waals surface area contributed by atoms with Gasteiger partial charge in [-0.05, 0) is 22.8 Å². The van der Waals surface area contributed by atoms with E-state index in [0.717, 1.165) is 16.7 Å². The van der Waals surface area contributed by atoms with Gasteiger partial charge in [0.1, 0.15) is 18.8 Å². The second-order valence-electron chi connectivity index (χ2n) is 9.08. The Hall–Kier alpha value is -3.94. The Balaban J connectivity index is 1.36. The Labute approximate surface area is 217 Å². The fourth-order valence-electron chi connectivity index (χ4n) is 4.58. The summed E-state index contributed by atoms with van der Waals surface area (Å²) in [6.07, 6.45) is 2.54. The Morgan fingerprint density at radius 2 is 1.32 bits per heavy atom. The normalized spacial score (nSPS) is 19.1. The summed E-state index contributed by atoms with van der Waals surface area (Å²) in [5, 5.41) is 4.38. The number of carbonyl (C=O) groups excluding carboxylic acids is 1. The third-order valence-electron chi connectivity index (χ3n) is 6.49. The molecule has 7 nitrogen and oxygen atoms in total. The Bertz CT molecular complexity index is 1220. The van der Waals surface area contributed by atoms with Crippen molar-refractivity contribution in [1.82, 2.24) is 14.7 Å². The number of nitrogens with zero attached hydrogens (tertiary/aromatic N) is 3. The lowest BCUT2D eigenvalue weighted by Gasteiger charge is -2.28. The van der Waals surface area contributed by atoms with Gasteiger partial charge in [-0.25, -0.2) is 4.79 Å². The Morgan fingerprint density at radius 1 is 0.757 bits per heavy atom. The minimum atomic E-state index is -0.389. The summed E-state index contributed by atoms with van der Waals surface area (Å²) < 4.78 is 20.4. The van der Waals surface area contributed by atoms with Crippen molar-refractivity contribution in [3.05, 3.63) is 126 Å².